The van der Waals surface area contributed by atoms with E-state index < -0.39 is 0 Å². The SMILES string of the molecule is O=C1CC(NC2CC=CC2)C(=O)N1c1ccccc1. The summed E-state index contributed by atoms with van der Waals surface area (Å²) in [7, 11) is 0. The zero-order valence-electron chi connectivity index (χ0n) is 10.6. The highest BCUT2D eigenvalue weighted by Gasteiger charge is 2.40. The number of rotatable bonds is 3. The molecule has 98 valence electrons. The Balaban J connectivity index is 1.74. The van der Waals surface area contributed by atoms with Crippen molar-refractivity contribution in [3.05, 3.63) is 42.5 Å². The van der Waals surface area contributed by atoms with Gasteiger partial charge in [-0.25, -0.2) is 4.90 Å². The van der Waals surface area contributed by atoms with Crippen molar-refractivity contribution < 1.29 is 9.59 Å². The number of anilines is 1. The van der Waals surface area contributed by atoms with Crippen molar-refractivity contribution in [2.45, 2.75) is 31.3 Å². The summed E-state index contributed by atoms with van der Waals surface area (Å²) in [6.07, 6.45) is 6.33. The molecule has 1 aliphatic carbocycles. The average Bonchev–Trinajstić information content (AvgIpc) is 3.01. The minimum atomic E-state index is -0.377. The Kier molecular flexibility index (Phi) is 3.17. The fourth-order valence-corrected chi connectivity index (χ4v) is 2.65. The highest BCUT2D eigenvalue weighted by Crippen LogP contribution is 2.23. The van der Waals surface area contributed by atoms with Crippen LogP contribution in [0.3, 0.4) is 0 Å². The number of carbonyl (C=O) groups is 2. The fourth-order valence-electron chi connectivity index (χ4n) is 2.65. The second-order valence-electron chi connectivity index (χ2n) is 4.97. The van der Waals surface area contributed by atoms with Gasteiger partial charge in [0.2, 0.25) is 5.91 Å². The molecule has 4 nitrogen and oxygen atoms in total. The molecule has 1 aliphatic heterocycles. The van der Waals surface area contributed by atoms with Crippen LogP contribution in [0, 0.1) is 0 Å². The van der Waals surface area contributed by atoms with Gasteiger partial charge in [-0.15, -0.1) is 0 Å². The summed E-state index contributed by atoms with van der Waals surface area (Å²) in [4.78, 5) is 25.6. The number of para-hydroxylation sites is 1. The van der Waals surface area contributed by atoms with Gasteiger partial charge in [-0.1, -0.05) is 30.4 Å². The number of nitrogens with zero attached hydrogens (tertiary/aromatic N) is 1. The normalized spacial score (nSPS) is 23.6. The molecule has 1 atom stereocenters. The maximum Gasteiger partial charge on any atom is 0.251 e. The van der Waals surface area contributed by atoms with Crippen LogP contribution in [0.1, 0.15) is 19.3 Å². The first-order valence-electron chi connectivity index (χ1n) is 6.58. The van der Waals surface area contributed by atoms with E-state index in [0.717, 1.165) is 12.8 Å². The molecular formula is C15H16N2O2. The van der Waals surface area contributed by atoms with Gasteiger partial charge in [0.05, 0.1) is 18.2 Å². The number of amides is 2. The number of hydrogen-bond acceptors (Lipinski definition) is 3. The predicted octanol–water partition coefficient (Wildman–Crippen LogP) is 1.63. The molecule has 2 amide bonds. The molecule has 0 aromatic heterocycles. The molecule has 0 radical (unpaired) electrons. The van der Waals surface area contributed by atoms with Gasteiger partial charge in [0.25, 0.3) is 5.91 Å². The number of nitrogens with one attached hydrogen (secondary N) is 1. The molecule has 1 N–H and O–H groups in total. The van der Waals surface area contributed by atoms with E-state index in [2.05, 4.69) is 17.5 Å². The number of benzene rings is 1. The van der Waals surface area contributed by atoms with Crippen molar-refractivity contribution in [3.8, 4) is 0 Å². The molecular weight excluding hydrogens is 240 g/mol. The minimum absolute atomic E-state index is 0.125. The van der Waals surface area contributed by atoms with Gasteiger partial charge in [0.15, 0.2) is 0 Å². The smallest absolute Gasteiger partial charge is 0.251 e. The minimum Gasteiger partial charge on any atom is -0.302 e. The van der Waals surface area contributed by atoms with Gasteiger partial charge < -0.3 is 5.32 Å². The molecule has 2 aliphatic rings. The van der Waals surface area contributed by atoms with Crippen molar-refractivity contribution >= 4 is 17.5 Å². The lowest BCUT2D eigenvalue weighted by atomic mass is 10.1. The van der Waals surface area contributed by atoms with Gasteiger partial charge in [-0.3, -0.25) is 9.59 Å². The first-order valence-corrected chi connectivity index (χ1v) is 6.58. The van der Waals surface area contributed by atoms with E-state index in [4.69, 9.17) is 0 Å². The van der Waals surface area contributed by atoms with Crippen molar-refractivity contribution in [1.29, 1.82) is 0 Å². The van der Waals surface area contributed by atoms with E-state index in [1.165, 1.54) is 4.90 Å². The highest BCUT2D eigenvalue weighted by molar-refractivity contribution is 6.22. The quantitative estimate of drug-likeness (QED) is 0.660. The monoisotopic (exact) mass is 256 g/mol. The van der Waals surface area contributed by atoms with E-state index in [1.54, 1.807) is 12.1 Å². The standard InChI is InChI=1S/C15H16N2O2/c18-14-10-13(16-11-6-4-5-7-11)15(19)17(14)12-8-2-1-3-9-12/h1-5,8-9,11,13,16H,6-7,10H2. The summed E-state index contributed by atoms with van der Waals surface area (Å²) in [6, 6.07) is 9.02. The Bertz CT molecular complexity index is 516. The van der Waals surface area contributed by atoms with Gasteiger partial charge >= 0.3 is 0 Å². The van der Waals surface area contributed by atoms with Crippen LogP contribution in [0.2, 0.25) is 0 Å². The number of hydrogen-bond donors (Lipinski definition) is 1. The average molecular weight is 256 g/mol. The van der Waals surface area contributed by atoms with Crippen molar-refractivity contribution in [2.75, 3.05) is 4.90 Å². The van der Waals surface area contributed by atoms with E-state index >= 15 is 0 Å². The van der Waals surface area contributed by atoms with Gasteiger partial charge in [0.1, 0.15) is 0 Å². The summed E-state index contributed by atoms with van der Waals surface area (Å²) >= 11 is 0. The van der Waals surface area contributed by atoms with Crippen molar-refractivity contribution in [1.82, 2.24) is 5.32 Å². The zero-order chi connectivity index (χ0) is 13.2. The molecule has 1 saturated heterocycles. The Morgan fingerprint density at radius 1 is 1.05 bits per heavy atom. The second kappa shape index (κ2) is 4.97. The maximum absolute atomic E-state index is 12.3. The van der Waals surface area contributed by atoms with Gasteiger partial charge in [0, 0.05) is 6.04 Å². The van der Waals surface area contributed by atoms with Crippen molar-refractivity contribution in [3.63, 3.8) is 0 Å². The zero-order valence-corrected chi connectivity index (χ0v) is 10.6. The van der Waals surface area contributed by atoms with Crippen LogP contribution in [0.15, 0.2) is 42.5 Å². The van der Waals surface area contributed by atoms with Crippen LogP contribution >= 0.6 is 0 Å². The Morgan fingerprint density at radius 2 is 1.74 bits per heavy atom. The largest absolute Gasteiger partial charge is 0.302 e. The molecule has 0 spiro atoms. The van der Waals surface area contributed by atoms with Crippen LogP contribution in [-0.4, -0.2) is 23.9 Å². The number of carbonyl (C=O) groups excluding carboxylic acids is 2. The number of imide groups is 1. The molecule has 0 saturated carbocycles. The van der Waals surface area contributed by atoms with Gasteiger partial charge in [-0.2, -0.15) is 0 Å². The molecule has 1 fully saturated rings. The lowest BCUT2D eigenvalue weighted by Gasteiger charge is -2.18. The lowest BCUT2D eigenvalue weighted by molar-refractivity contribution is -0.121. The first kappa shape index (κ1) is 12.1. The molecule has 1 unspecified atom stereocenters. The third-order valence-corrected chi connectivity index (χ3v) is 3.61. The van der Waals surface area contributed by atoms with Crippen molar-refractivity contribution in [2.24, 2.45) is 0 Å². The lowest BCUT2D eigenvalue weighted by Crippen LogP contribution is -2.43. The highest BCUT2D eigenvalue weighted by atomic mass is 16.2. The van der Waals surface area contributed by atoms with Gasteiger partial charge in [-0.05, 0) is 25.0 Å². The van der Waals surface area contributed by atoms with Crippen LogP contribution in [0.25, 0.3) is 0 Å². The molecule has 19 heavy (non-hydrogen) atoms. The molecule has 0 bridgehead atoms. The Morgan fingerprint density at radius 3 is 2.42 bits per heavy atom. The maximum atomic E-state index is 12.3. The summed E-state index contributed by atoms with van der Waals surface area (Å²) in [5.74, 6) is -0.261. The summed E-state index contributed by atoms with van der Waals surface area (Å²) < 4.78 is 0. The third-order valence-electron chi connectivity index (χ3n) is 3.61. The van der Waals surface area contributed by atoms with Crippen LogP contribution < -0.4 is 10.2 Å². The Hall–Kier alpha value is -1.94. The summed E-state index contributed by atoms with van der Waals surface area (Å²) in [5, 5.41) is 3.28. The molecule has 1 aromatic rings. The summed E-state index contributed by atoms with van der Waals surface area (Å²) in [6.45, 7) is 0. The third kappa shape index (κ3) is 2.31. The van der Waals surface area contributed by atoms with E-state index in [0.29, 0.717) is 5.69 Å². The Labute approximate surface area is 112 Å². The topological polar surface area (TPSA) is 49.4 Å². The van der Waals surface area contributed by atoms with E-state index in [-0.39, 0.29) is 30.3 Å². The fraction of sp³-hybridized carbons (Fsp3) is 0.333. The van der Waals surface area contributed by atoms with Crippen LogP contribution in [0.5, 0.6) is 0 Å². The molecule has 1 heterocycles. The van der Waals surface area contributed by atoms with E-state index in [9.17, 15) is 9.59 Å². The summed E-state index contributed by atoms with van der Waals surface area (Å²) in [5.41, 5.74) is 0.659. The molecule has 4 heteroatoms. The second-order valence-corrected chi connectivity index (χ2v) is 4.97. The predicted molar refractivity (Wildman–Crippen MR) is 72.6 cm³/mol. The first-order chi connectivity index (χ1) is 9.25. The molecule has 3 rings (SSSR count). The van der Waals surface area contributed by atoms with E-state index in [1.807, 2.05) is 18.2 Å². The molecule has 1 aromatic carbocycles. The van der Waals surface area contributed by atoms with Crippen LogP contribution in [0.4, 0.5) is 5.69 Å². The van der Waals surface area contributed by atoms with Crippen LogP contribution in [-0.2, 0) is 9.59 Å².